The van der Waals surface area contributed by atoms with E-state index in [1.807, 2.05) is 24.3 Å². The van der Waals surface area contributed by atoms with Gasteiger partial charge in [0.05, 0.1) is 26.0 Å². The minimum absolute atomic E-state index is 0.377. The first-order valence-corrected chi connectivity index (χ1v) is 5.81. The molecule has 0 atom stereocenters. The molecule has 6 heteroatoms. The van der Waals surface area contributed by atoms with Gasteiger partial charge in [-0.2, -0.15) is 0 Å². The van der Waals surface area contributed by atoms with Crippen molar-refractivity contribution in [1.82, 2.24) is 9.97 Å². The summed E-state index contributed by atoms with van der Waals surface area (Å²) in [6.45, 7) is 0.890. The highest BCUT2D eigenvalue weighted by Gasteiger charge is 2.00. The molecule has 1 aromatic heterocycles. The summed E-state index contributed by atoms with van der Waals surface area (Å²) in [6, 6.07) is 9.53. The van der Waals surface area contributed by atoms with Gasteiger partial charge in [-0.25, -0.2) is 15.8 Å². The van der Waals surface area contributed by atoms with Crippen LogP contribution < -0.4 is 16.0 Å². The second-order valence-corrected chi connectivity index (χ2v) is 3.86. The maximum atomic E-state index is 5.59. The van der Waals surface area contributed by atoms with Gasteiger partial charge in [-0.15, -0.1) is 0 Å². The minimum Gasteiger partial charge on any atom is -0.497 e. The summed E-state index contributed by atoms with van der Waals surface area (Å²) in [6.07, 6.45) is 1.63. The van der Waals surface area contributed by atoms with Crippen molar-refractivity contribution in [1.29, 1.82) is 0 Å². The van der Waals surface area contributed by atoms with Gasteiger partial charge in [-0.05, 0) is 23.8 Å². The number of ether oxygens (including phenoxy) is 2. The number of anilines is 1. The van der Waals surface area contributed by atoms with Crippen molar-refractivity contribution in [3.63, 3.8) is 0 Å². The molecule has 0 spiro atoms. The number of benzene rings is 1. The van der Waals surface area contributed by atoms with E-state index in [9.17, 15) is 0 Å². The number of nitrogen functional groups attached to an aromatic ring is 1. The van der Waals surface area contributed by atoms with Crippen LogP contribution in [0.25, 0.3) is 0 Å². The Morgan fingerprint density at radius 1 is 1.26 bits per heavy atom. The smallest absolute Gasteiger partial charge is 0.237 e. The lowest BCUT2D eigenvalue weighted by atomic mass is 10.2. The van der Waals surface area contributed by atoms with Gasteiger partial charge in [-0.1, -0.05) is 12.1 Å². The maximum Gasteiger partial charge on any atom is 0.237 e. The molecule has 2 aromatic rings. The van der Waals surface area contributed by atoms with E-state index < -0.39 is 0 Å². The predicted octanol–water partition coefficient (Wildman–Crippen LogP) is 1.49. The van der Waals surface area contributed by atoms with E-state index in [1.165, 1.54) is 0 Å². The normalized spacial score (nSPS) is 10.2. The van der Waals surface area contributed by atoms with Crippen LogP contribution in [0.3, 0.4) is 0 Å². The Morgan fingerprint density at radius 2 is 2.16 bits per heavy atom. The lowest BCUT2D eigenvalue weighted by molar-refractivity contribution is 0.104. The maximum absolute atomic E-state index is 5.59. The van der Waals surface area contributed by atoms with Crippen molar-refractivity contribution in [2.75, 3.05) is 12.5 Å². The SMILES string of the molecule is COc1cccc(COCc2ccnc(NN)n2)c1. The summed E-state index contributed by atoms with van der Waals surface area (Å²) in [4.78, 5) is 8.09. The average Bonchev–Trinajstić information content (AvgIpc) is 2.48. The summed E-state index contributed by atoms with van der Waals surface area (Å²) in [7, 11) is 1.64. The van der Waals surface area contributed by atoms with Gasteiger partial charge in [0, 0.05) is 6.20 Å². The summed E-state index contributed by atoms with van der Waals surface area (Å²) in [5.41, 5.74) is 4.21. The molecule has 2 rings (SSSR count). The number of hydrogen-bond acceptors (Lipinski definition) is 6. The van der Waals surface area contributed by atoms with Gasteiger partial charge in [0.2, 0.25) is 5.95 Å². The Labute approximate surface area is 111 Å². The zero-order valence-electron chi connectivity index (χ0n) is 10.7. The van der Waals surface area contributed by atoms with Crippen LogP contribution >= 0.6 is 0 Å². The molecule has 100 valence electrons. The van der Waals surface area contributed by atoms with Gasteiger partial charge < -0.3 is 9.47 Å². The Balaban J connectivity index is 1.88. The minimum atomic E-state index is 0.377. The molecule has 0 unspecified atom stereocenters. The highest BCUT2D eigenvalue weighted by atomic mass is 16.5. The van der Waals surface area contributed by atoms with E-state index in [1.54, 1.807) is 19.4 Å². The average molecular weight is 260 g/mol. The van der Waals surface area contributed by atoms with E-state index in [4.69, 9.17) is 15.3 Å². The molecule has 6 nitrogen and oxygen atoms in total. The number of methoxy groups -OCH3 is 1. The first-order chi connectivity index (χ1) is 9.31. The standard InChI is InChI=1S/C13H16N4O2/c1-18-12-4-2-3-10(7-12)8-19-9-11-5-6-15-13(16-11)17-14/h2-7H,8-9,14H2,1H3,(H,15,16,17). The van der Waals surface area contributed by atoms with E-state index >= 15 is 0 Å². The molecule has 0 aliphatic carbocycles. The second-order valence-electron chi connectivity index (χ2n) is 3.86. The summed E-state index contributed by atoms with van der Waals surface area (Å²) >= 11 is 0. The molecule has 0 bridgehead atoms. The first-order valence-electron chi connectivity index (χ1n) is 5.81. The van der Waals surface area contributed by atoms with Crippen molar-refractivity contribution in [2.24, 2.45) is 5.84 Å². The molecule has 0 amide bonds. The van der Waals surface area contributed by atoms with Gasteiger partial charge in [0.25, 0.3) is 0 Å². The molecule has 0 fully saturated rings. The van der Waals surface area contributed by atoms with Crippen molar-refractivity contribution < 1.29 is 9.47 Å². The van der Waals surface area contributed by atoms with Crippen LogP contribution in [0.5, 0.6) is 5.75 Å². The highest BCUT2D eigenvalue weighted by molar-refractivity contribution is 5.28. The lowest BCUT2D eigenvalue weighted by Crippen LogP contribution is -2.11. The topological polar surface area (TPSA) is 82.3 Å². The van der Waals surface area contributed by atoms with Crippen LogP contribution in [-0.4, -0.2) is 17.1 Å². The molecule has 0 saturated heterocycles. The van der Waals surface area contributed by atoms with Crippen LogP contribution in [0.15, 0.2) is 36.5 Å². The van der Waals surface area contributed by atoms with Crippen LogP contribution in [0.2, 0.25) is 0 Å². The van der Waals surface area contributed by atoms with Gasteiger partial charge >= 0.3 is 0 Å². The fourth-order valence-corrected chi connectivity index (χ4v) is 1.58. The summed E-state index contributed by atoms with van der Waals surface area (Å²) in [5.74, 6) is 6.44. The zero-order valence-corrected chi connectivity index (χ0v) is 10.7. The third-order valence-electron chi connectivity index (χ3n) is 2.50. The van der Waals surface area contributed by atoms with E-state index in [2.05, 4.69) is 15.4 Å². The van der Waals surface area contributed by atoms with E-state index in [-0.39, 0.29) is 0 Å². The van der Waals surface area contributed by atoms with Crippen LogP contribution in [-0.2, 0) is 18.0 Å². The monoisotopic (exact) mass is 260 g/mol. The van der Waals surface area contributed by atoms with Crippen molar-refractivity contribution >= 4 is 5.95 Å². The fraction of sp³-hybridized carbons (Fsp3) is 0.231. The first kappa shape index (κ1) is 13.3. The molecule has 1 aromatic carbocycles. The second kappa shape index (κ2) is 6.67. The number of hydrazine groups is 1. The van der Waals surface area contributed by atoms with Crippen molar-refractivity contribution in [3.05, 3.63) is 47.8 Å². The third-order valence-corrected chi connectivity index (χ3v) is 2.50. The van der Waals surface area contributed by atoms with E-state index in [0.29, 0.717) is 19.2 Å². The van der Waals surface area contributed by atoms with Crippen LogP contribution in [0, 0.1) is 0 Å². The highest BCUT2D eigenvalue weighted by Crippen LogP contribution is 2.13. The molecule has 19 heavy (non-hydrogen) atoms. The molecule has 1 heterocycles. The number of nitrogens with one attached hydrogen (secondary N) is 1. The Kier molecular flexibility index (Phi) is 4.66. The molecule has 0 radical (unpaired) electrons. The van der Waals surface area contributed by atoms with Gasteiger partial charge in [-0.3, -0.25) is 5.43 Å². The number of nitrogens with two attached hydrogens (primary N) is 1. The molecule has 0 aliphatic heterocycles. The summed E-state index contributed by atoms with van der Waals surface area (Å²) < 4.78 is 10.7. The Bertz CT molecular complexity index is 486. The van der Waals surface area contributed by atoms with Gasteiger partial charge in [0.15, 0.2) is 0 Å². The third kappa shape index (κ3) is 3.90. The Hall–Kier alpha value is -2.18. The fourth-order valence-electron chi connectivity index (χ4n) is 1.58. The predicted molar refractivity (Wildman–Crippen MR) is 71.3 cm³/mol. The number of hydrogen-bond donors (Lipinski definition) is 2. The molecule has 3 N–H and O–H groups in total. The quantitative estimate of drug-likeness (QED) is 0.605. The number of nitrogens with zero attached hydrogens (tertiary/aromatic N) is 2. The molecular weight excluding hydrogens is 244 g/mol. The van der Waals surface area contributed by atoms with Crippen LogP contribution in [0.4, 0.5) is 5.95 Å². The Morgan fingerprint density at radius 3 is 2.95 bits per heavy atom. The van der Waals surface area contributed by atoms with Crippen molar-refractivity contribution in [2.45, 2.75) is 13.2 Å². The largest absolute Gasteiger partial charge is 0.497 e. The molecular formula is C13H16N4O2. The zero-order chi connectivity index (χ0) is 13.5. The van der Waals surface area contributed by atoms with E-state index in [0.717, 1.165) is 17.0 Å². The summed E-state index contributed by atoms with van der Waals surface area (Å²) in [5, 5.41) is 0. The van der Waals surface area contributed by atoms with Gasteiger partial charge in [0.1, 0.15) is 5.75 Å². The molecule has 0 aliphatic rings. The molecule has 0 saturated carbocycles. The van der Waals surface area contributed by atoms with Crippen LogP contribution in [0.1, 0.15) is 11.3 Å². The number of rotatable bonds is 6. The number of aromatic nitrogens is 2. The van der Waals surface area contributed by atoms with Crippen molar-refractivity contribution in [3.8, 4) is 5.75 Å². The lowest BCUT2D eigenvalue weighted by Gasteiger charge is -2.06.